The number of imidazole rings is 1. The predicted octanol–water partition coefficient (Wildman–Crippen LogP) is 4.80. The number of anilines is 1. The van der Waals surface area contributed by atoms with Gasteiger partial charge in [-0.25, -0.2) is 9.37 Å². The average Bonchev–Trinajstić information content (AvgIpc) is 2.98. The first-order valence-corrected chi connectivity index (χ1v) is 8.14. The van der Waals surface area contributed by atoms with Crippen LogP contribution in [0.1, 0.15) is 26.5 Å². The van der Waals surface area contributed by atoms with Crippen LogP contribution in [0.3, 0.4) is 0 Å². The minimum atomic E-state index is -0.228. The molecule has 3 aromatic rings. The smallest absolute Gasteiger partial charge is 0.123 e. The Labute approximate surface area is 141 Å². The van der Waals surface area contributed by atoms with Gasteiger partial charge in [0.15, 0.2) is 0 Å². The van der Waals surface area contributed by atoms with E-state index in [1.807, 2.05) is 12.4 Å². The zero-order chi connectivity index (χ0) is 16.9. The fourth-order valence-electron chi connectivity index (χ4n) is 3.31. The lowest BCUT2D eigenvalue weighted by Gasteiger charge is -2.42. The third-order valence-corrected chi connectivity index (χ3v) is 4.53. The summed E-state index contributed by atoms with van der Waals surface area (Å²) in [4.78, 5) is 7.02. The number of aromatic nitrogens is 2. The molecule has 122 valence electrons. The van der Waals surface area contributed by atoms with Crippen LogP contribution >= 0.6 is 0 Å². The van der Waals surface area contributed by atoms with Crippen molar-refractivity contribution in [2.75, 3.05) is 4.90 Å². The lowest BCUT2D eigenvalue weighted by atomic mass is 10.00. The second-order valence-electron chi connectivity index (χ2n) is 7.16. The van der Waals surface area contributed by atoms with E-state index in [0.29, 0.717) is 0 Å². The van der Waals surface area contributed by atoms with Crippen LogP contribution in [0, 0.1) is 5.82 Å². The summed E-state index contributed by atoms with van der Waals surface area (Å²) in [6.45, 7) is 7.42. The number of nitrogens with zero attached hydrogens (tertiary/aromatic N) is 3. The fraction of sp³-hybridized carbons (Fsp3) is 0.250. The molecular weight excluding hydrogens is 301 g/mol. The lowest BCUT2D eigenvalue weighted by molar-refractivity contribution is 0.488. The van der Waals surface area contributed by atoms with Crippen LogP contribution in [0.5, 0.6) is 0 Å². The Bertz CT molecular complexity index is 888. The van der Waals surface area contributed by atoms with E-state index in [9.17, 15) is 4.39 Å². The molecule has 4 rings (SSSR count). The van der Waals surface area contributed by atoms with Crippen molar-refractivity contribution in [3.63, 3.8) is 0 Å². The van der Waals surface area contributed by atoms with E-state index in [1.165, 1.54) is 17.8 Å². The molecule has 0 saturated heterocycles. The fourth-order valence-corrected chi connectivity index (χ4v) is 3.31. The summed E-state index contributed by atoms with van der Waals surface area (Å²) in [6.07, 6.45) is 1.87. The van der Waals surface area contributed by atoms with Gasteiger partial charge < -0.3 is 4.90 Å². The van der Waals surface area contributed by atoms with Crippen molar-refractivity contribution < 1.29 is 4.39 Å². The van der Waals surface area contributed by atoms with Crippen molar-refractivity contribution in [3.8, 4) is 16.9 Å². The molecule has 0 radical (unpaired) electrons. The second kappa shape index (κ2) is 5.20. The number of fused-ring (bicyclic) bond motifs is 3. The summed E-state index contributed by atoms with van der Waals surface area (Å²) in [5.74, 6) is -0.228. The maximum absolute atomic E-state index is 13.2. The van der Waals surface area contributed by atoms with Gasteiger partial charge in [-0.2, -0.15) is 0 Å². The molecular formula is C20H20FN3. The quantitative estimate of drug-likeness (QED) is 0.642. The maximum Gasteiger partial charge on any atom is 0.123 e. The highest BCUT2D eigenvalue weighted by atomic mass is 19.1. The van der Waals surface area contributed by atoms with Gasteiger partial charge in [0.2, 0.25) is 0 Å². The van der Waals surface area contributed by atoms with E-state index in [1.54, 1.807) is 12.1 Å². The van der Waals surface area contributed by atoms with Crippen LogP contribution in [-0.2, 0) is 6.54 Å². The Balaban J connectivity index is 1.90. The predicted molar refractivity (Wildman–Crippen MR) is 94.9 cm³/mol. The van der Waals surface area contributed by atoms with E-state index in [-0.39, 0.29) is 11.4 Å². The number of halogens is 1. The van der Waals surface area contributed by atoms with E-state index < -0.39 is 0 Å². The van der Waals surface area contributed by atoms with Gasteiger partial charge in [0.1, 0.15) is 12.1 Å². The molecule has 0 unspecified atom stereocenters. The largest absolute Gasteiger partial charge is 0.359 e. The normalized spacial score (nSPS) is 13.6. The molecule has 0 atom stereocenters. The highest BCUT2D eigenvalue weighted by Crippen LogP contribution is 2.39. The summed E-state index contributed by atoms with van der Waals surface area (Å²) < 4.78 is 15.4. The summed E-state index contributed by atoms with van der Waals surface area (Å²) in [7, 11) is 0. The standard InChI is InChI=1S/C20H20FN3/c1-20(2,3)24-12-18-19(14-8-10-15(21)11-9-14)22-13-23(18)16-6-4-5-7-17(16)24/h4-11,13H,12H2,1-3H3. The monoisotopic (exact) mass is 321 g/mol. The molecule has 0 aliphatic carbocycles. The van der Waals surface area contributed by atoms with Gasteiger partial charge in [0.05, 0.1) is 29.3 Å². The summed E-state index contributed by atoms with van der Waals surface area (Å²) >= 11 is 0. The van der Waals surface area contributed by atoms with Gasteiger partial charge in [-0.1, -0.05) is 12.1 Å². The Morgan fingerprint density at radius 2 is 1.62 bits per heavy atom. The molecule has 0 fully saturated rings. The zero-order valence-electron chi connectivity index (χ0n) is 14.1. The Morgan fingerprint density at radius 3 is 2.29 bits per heavy atom. The van der Waals surface area contributed by atoms with E-state index in [4.69, 9.17) is 0 Å². The molecule has 0 amide bonds. The molecule has 4 heteroatoms. The molecule has 1 aliphatic heterocycles. The molecule has 0 N–H and O–H groups in total. The van der Waals surface area contributed by atoms with Gasteiger partial charge in [-0.05, 0) is 57.2 Å². The molecule has 24 heavy (non-hydrogen) atoms. The molecule has 0 bridgehead atoms. The van der Waals surface area contributed by atoms with Crippen molar-refractivity contribution in [1.82, 2.24) is 9.55 Å². The van der Waals surface area contributed by atoms with Crippen molar-refractivity contribution in [1.29, 1.82) is 0 Å². The van der Waals surface area contributed by atoms with Gasteiger partial charge in [-0.3, -0.25) is 4.57 Å². The SMILES string of the molecule is CC(C)(C)N1Cc2c(-c3ccc(F)cc3)ncn2-c2ccccc21. The second-order valence-corrected chi connectivity index (χ2v) is 7.16. The van der Waals surface area contributed by atoms with Crippen LogP contribution in [0.4, 0.5) is 10.1 Å². The molecule has 2 heterocycles. The minimum absolute atomic E-state index is 0.00824. The highest BCUT2D eigenvalue weighted by molar-refractivity contribution is 5.71. The lowest BCUT2D eigenvalue weighted by Crippen LogP contribution is -2.43. The Kier molecular flexibility index (Phi) is 3.23. The molecule has 0 spiro atoms. The van der Waals surface area contributed by atoms with E-state index >= 15 is 0 Å². The first-order valence-electron chi connectivity index (χ1n) is 8.14. The Hall–Kier alpha value is -2.62. The number of para-hydroxylation sites is 2. The first-order chi connectivity index (χ1) is 11.4. The van der Waals surface area contributed by atoms with Crippen molar-refractivity contribution in [2.24, 2.45) is 0 Å². The number of hydrogen-bond donors (Lipinski definition) is 0. The van der Waals surface area contributed by atoms with Crippen LogP contribution in [0.15, 0.2) is 54.9 Å². The summed E-state index contributed by atoms with van der Waals surface area (Å²) in [5, 5.41) is 0. The van der Waals surface area contributed by atoms with Gasteiger partial charge in [-0.15, -0.1) is 0 Å². The molecule has 0 saturated carbocycles. The number of rotatable bonds is 1. The third-order valence-electron chi connectivity index (χ3n) is 4.53. The average molecular weight is 321 g/mol. The molecule has 3 nitrogen and oxygen atoms in total. The van der Waals surface area contributed by atoms with Crippen LogP contribution in [-0.4, -0.2) is 15.1 Å². The van der Waals surface area contributed by atoms with Gasteiger partial charge in [0.25, 0.3) is 0 Å². The van der Waals surface area contributed by atoms with Crippen molar-refractivity contribution in [3.05, 3.63) is 66.4 Å². The minimum Gasteiger partial charge on any atom is -0.359 e. The van der Waals surface area contributed by atoms with Crippen LogP contribution in [0.2, 0.25) is 0 Å². The molecule has 2 aromatic carbocycles. The van der Waals surface area contributed by atoms with Crippen molar-refractivity contribution in [2.45, 2.75) is 32.9 Å². The number of hydrogen-bond acceptors (Lipinski definition) is 2. The molecule has 1 aliphatic rings. The maximum atomic E-state index is 13.2. The summed E-state index contributed by atoms with van der Waals surface area (Å²) in [6, 6.07) is 14.9. The van der Waals surface area contributed by atoms with Crippen LogP contribution in [0.25, 0.3) is 16.9 Å². The van der Waals surface area contributed by atoms with E-state index in [2.05, 4.69) is 53.4 Å². The molecule has 1 aromatic heterocycles. The van der Waals surface area contributed by atoms with Crippen LogP contribution < -0.4 is 4.90 Å². The zero-order valence-corrected chi connectivity index (χ0v) is 14.1. The third kappa shape index (κ3) is 2.30. The first kappa shape index (κ1) is 14.9. The van der Waals surface area contributed by atoms with Crippen molar-refractivity contribution >= 4 is 5.69 Å². The van der Waals surface area contributed by atoms with Gasteiger partial charge in [0, 0.05) is 11.1 Å². The highest BCUT2D eigenvalue weighted by Gasteiger charge is 2.31. The summed E-state index contributed by atoms with van der Waals surface area (Å²) in [5.41, 5.74) is 5.33. The number of benzene rings is 2. The topological polar surface area (TPSA) is 21.1 Å². The Morgan fingerprint density at radius 1 is 0.958 bits per heavy atom. The van der Waals surface area contributed by atoms with Gasteiger partial charge >= 0.3 is 0 Å². The van der Waals surface area contributed by atoms with E-state index in [0.717, 1.165) is 29.2 Å².